The third-order valence-electron chi connectivity index (χ3n) is 2.00. The van der Waals surface area contributed by atoms with Crippen molar-refractivity contribution in [3.63, 3.8) is 0 Å². The topological polar surface area (TPSA) is 30.5 Å². The predicted molar refractivity (Wildman–Crippen MR) is 59.7 cm³/mol. The highest BCUT2D eigenvalue weighted by molar-refractivity contribution is 4.68. The third kappa shape index (κ3) is 8.48. The van der Waals surface area contributed by atoms with E-state index < -0.39 is 0 Å². The summed E-state index contributed by atoms with van der Waals surface area (Å²) in [5, 5.41) is 3.06. The lowest BCUT2D eigenvalue weighted by Gasteiger charge is -2.25. The summed E-state index contributed by atoms with van der Waals surface area (Å²) in [7, 11) is 1.93. The van der Waals surface area contributed by atoms with Gasteiger partial charge in [0.1, 0.15) is 0 Å². The maximum Gasteiger partial charge on any atom is 0.0649 e. The molecule has 0 spiro atoms. The fourth-order valence-corrected chi connectivity index (χ4v) is 1.04. The molecule has 0 heterocycles. The fraction of sp³-hybridized carbons (Fsp3) is 1.00. The van der Waals surface area contributed by atoms with E-state index in [1.54, 1.807) is 0 Å². The molecular formula is C11H25NO2. The van der Waals surface area contributed by atoms with Crippen LogP contribution in [0.25, 0.3) is 0 Å². The summed E-state index contributed by atoms with van der Waals surface area (Å²) in [5.74, 6) is 0. The van der Waals surface area contributed by atoms with Crippen LogP contribution in [-0.2, 0) is 9.47 Å². The Morgan fingerprint density at radius 2 is 1.86 bits per heavy atom. The zero-order chi connectivity index (χ0) is 11.0. The second-order valence-corrected chi connectivity index (χ2v) is 4.38. The number of rotatable bonds is 8. The minimum absolute atomic E-state index is 0.0776. The average molecular weight is 203 g/mol. The highest BCUT2D eigenvalue weighted by atomic mass is 16.5. The summed E-state index contributed by atoms with van der Waals surface area (Å²) in [6.45, 7) is 10.7. The molecule has 0 amide bonds. The molecule has 0 rings (SSSR count). The lowest BCUT2D eigenvalue weighted by atomic mass is 10.1. The molecule has 0 aliphatic rings. The van der Waals surface area contributed by atoms with Gasteiger partial charge < -0.3 is 14.8 Å². The van der Waals surface area contributed by atoms with E-state index in [-0.39, 0.29) is 5.60 Å². The zero-order valence-electron chi connectivity index (χ0n) is 10.2. The summed E-state index contributed by atoms with van der Waals surface area (Å²) in [4.78, 5) is 0. The first kappa shape index (κ1) is 13.9. The van der Waals surface area contributed by atoms with Gasteiger partial charge in [-0.3, -0.25) is 0 Å². The molecule has 3 heteroatoms. The van der Waals surface area contributed by atoms with E-state index in [0.29, 0.717) is 6.10 Å². The molecule has 0 aromatic rings. The Kier molecular flexibility index (Phi) is 7.15. The first-order valence-electron chi connectivity index (χ1n) is 5.38. The van der Waals surface area contributed by atoms with E-state index in [4.69, 9.17) is 9.47 Å². The molecule has 0 radical (unpaired) electrons. The Balaban J connectivity index is 3.50. The van der Waals surface area contributed by atoms with Crippen LogP contribution in [0.15, 0.2) is 0 Å². The Bertz CT molecular complexity index is 135. The monoisotopic (exact) mass is 203 g/mol. The van der Waals surface area contributed by atoms with Crippen molar-refractivity contribution < 1.29 is 9.47 Å². The number of likely N-dealkylation sites (N-methyl/N-ethyl adjacent to an activating group) is 1. The molecule has 0 atom stereocenters. The number of hydrogen-bond acceptors (Lipinski definition) is 3. The van der Waals surface area contributed by atoms with E-state index in [2.05, 4.69) is 33.0 Å². The second kappa shape index (κ2) is 7.21. The van der Waals surface area contributed by atoms with Gasteiger partial charge in [-0.15, -0.1) is 0 Å². The first-order valence-corrected chi connectivity index (χ1v) is 5.38. The Morgan fingerprint density at radius 1 is 1.21 bits per heavy atom. The first-order chi connectivity index (χ1) is 6.48. The summed E-state index contributed by atoms with van der Waals surface area (Å²) >= 11 is 0. The van der Waals surface area contributed by atoms with Gasteiger partial charge >= 0.3 is 0 Å². The molecule has 14 heavy (non-hydrogen) atoms. The molecule has 0 aromatic carbocycles. The average Bonchev–Trinajstić information content (AvgIpc) is 2.03. The van der Waals surface area contributed by atoms with Crippen molar-refractivity contribution in [2.75, 3.05) is 26.8 Å². The van der Waals surface area contributed by atoms with E-state index in [1.807, 2.05) is 7.05 Å². The van der Waals surface area contributed by atoms with Gasteiger partial charge in [0.15, 0.2) is 0 Å². The highest BCUT2D eigenvalue weighted by Crippen LogP contribution is 2.14. The van der Waals surface area contributed by atoms with Gasteiger partial charge in [0.25, 0.3) is 0 Å². The van der Waals surface area contributed by atoms with Crippen molar-refractivity contribution in [3.05, 3.63) is 0 Å². The van der Waals surface area contributed by atoms with Crippen LogP contribution in [0.5, 0.6) is 0 Å². The summed E-state index contributed by atoms with van der Waals surface area (Å²) < 4.78 is 11.2. The molecule has 3 nitrogen and oxygen atoms in total. The van der Waals surface area contributed by atoms with Crippen molar-refractivity contribution in [1.29, 1.82) is 0 Å². The van der Waals surface area contributed by atoms with Gasteiger partial charge in [-0.05, 0) is 41.2 Å². The molecular weight excluding hydrogens is 178 g/mol. The van der Waals surface area contributed by atoms with Crippen molar-refractivity contribution >= 4 is 0 Å². The standard InChI is InChI=1S/C11H25NO2/c1-10(2)13-8-6-11(3,4)14-9-7-12-5/h10,12H,6-9H2,1-5H3. The molecule has 86 valence electrons. The zero-order valence-corrected chi connectivity index (χ0v) is 10.2. The predicted octanol–water partition coefficient (Wildman–Crippen LogP) is 1.82. The Hall–Kier alpha value is -0.120. The third-order valence-corrected chi connectivity index (χ3v) is 2.00. The summed E-state index contributed by atoms with van der Waals surface area (Å²) in [5.41, 5.74) is -0.0776. The SMILES string of the molecule is CNCCOC(C)(C)CCOC(C)C. The second-order valence-electron chi connectivity index (χ2n) is 4.38. The molecule has 0 unspecified atom stereocenters. The van der Waals surface area contributed by atoms with Gasteiger partial charge in [0, 0.05) is 13.2 Å². The van der Waals surface area contributed by atoms with Gasteiger partial charge in [0.05, 0.1) is 18.3 Å². The molecule has 0 aromatic heterocycles. The lowest BCUT2D eigenvalue weighted by Crippen LogP contribution is -2.30. The Morgan fingerprint density at radius 3 is 2.36 bits per heavy atom. The minimum atomic E-state index is -0.0776. The van der Waals surface area contributed by atoms with E-state index in [1.165, 1.54) is 0 Å². The maximum atomic E-state index is 5.71. The smallest absolute Gasteiger partial charge is 0.0649 e. The maximum absolute atomic E-state index is 5.71. The van der Waals surface area contributed by atoms with Crippen LogP contribution in [0.3, 0.4) is 0 Å². The van der Waals surface area contributed by atoms with Crippen molar-refractivity contribution in [1.82, 2.24) is 5.32 Å². The van der Waals surface area contributed by atoms with Crippen molar-refractivity contribution in [2.24, 2.45) is 0 Å². The van der Waals surface area contributed by atoms with Crippen LogP contribution in [0.4, 0.5) is 0 Å². The molecule has 0 fully saturated rings. The summed E-state index contributed by atoms with van der Waals surface area (Å²) in [6, 6.07) is 0. The van der Waals surface area contributed by atoms with Gasteiger partial charge in [-0.25, -0.2) is 0 Å². The van der Waals surface area contributed by atoms with Gasteiger partial charge in [-0.1, -0.05) is 0 Å². The molecule has 1 N–H and O–H groups in total. The molecule has 0 aliphatic heterocycles. The van der Waals surface area contributed by atoms with Gasteiger partial charge in [-0.2, -0.15) is 0 Å². The van der Waals surface area contributed by atoms with E-state index in [9.17, 15) is 0 Å². The molecule has 0 saturated carbocycles. The quantitative estimate of drug-likeness (QED) is 0.610. The Labute approximate surface area is 88.2 Å². The van der Waals surface area contributed by atoms with E-state index in [0.717, 1.165) is 26.2 Å². The summed E-state index contributed by atoms with van der Waals surface area (Å²) in [6.07, 6.45) is 1.25. The number of ether oxygens (including phenoxy) is 2. The van der Waals surface area contributed by atoms with Crippen LogP contribution in [-0.4, -0.2) is 38.5 Å². The molecule has 0 aliphatic carbocycles. The minimum Gasteiger partial charge on any atom is -0.379 e. The van der Waals surface area contributed by atoms with Gasteiger partial charge in [0.2, 0.25) is 0 Å². The van der Waals surface area contributed by atoms with Crippen LogP contribution in [0, 0.1) is 0 Å². The largest absolute Gasteiger partial charge is 0.379 e. The van der Waals surface area contributed by atoms with Crippen LogP contribution >= 0.6 is 0 Å². The highest BCUT2D eigenvalue weighted by Gasteiger charge is 2.17. The van der Waals surface area contributed by atoms with Crippen LogP contribution in [0.1, 0.15) is 34.1 Å². The lowest BCUT2D eigenvalue weighted by molar-refractivity contribution is -0.0453. The molecule has 0 bridgehead atoms. The van der Waals surface area contributed by atoms with Crippen LogP contribution in [0.2, 0.25) is 0 Å². The van der Waals surface area contributed by atoms with Crippen molar-refractivity contribution in [3.8, 4) is 0 Å². The van der Waals surface area contributed by atoms with Crippen LogP contribution < -0.4 is 5.32 Å². The number of hydrogen-bond donors (Lipinski definition) is 1. The van der Waals surface area contributed by atoms with E-state index >= 15 is 0 Å². The molecule has 0 saturated heterocycles. The number of nitrogens with one attached hydrogen (secondary N) is 1. The normalized spacial score (nSPS) is 12.4. The van der Waals surface area contributed by atoms with Crippen molar-refractivity contribution in [2.45, 2.75) is 45.8 Å². The fourth-order valence-electron chi connectivity index (χ4n) is 1.04.